The molecule has 3 heterocycles. The van der Waals surface area contributed by atoms with Crippen molar-refractivity contribution < 1.29 is 43.4 Å². The Bertz CT molecular complexity index is 2330. The molecule has 3 aliphatic rings. The van der Waals surface area contributed by atoms with Gasteiger partial charge >= 0.3 is 0 Å². The van der Waals surface area contributed by atoms with Crippen LogP contribution in [-0.4, -0.2) is 115 Å². The lowest BCUT2D eigenvalue weighted by Crippen LogP contribution is -2.36. The molecular weight excluding hydrogens is 978 g/mol. The maximum Gasteiger partial charge on any atom is 0.294 e. The van der Waals surface area contributed by atoms with Gasteiger partial charge in [-0.1, -0.05) is 46.4 Å². The Labute approximate surface area is 412 Å². The van der Waals surface area contributed by atoms with Crippen molar-refractivity contribution >= 4 is 91.9 Å². The van der Waals surface area contributed by atoms with Gasteiger partial charge in [-0.25, -0.2) is 0 Å². The lowest BCUT2D eigenvalue weighted by molar-refractivity contribution is -0.384. The molecule has 0 aliphatic carbocycles. The molecule has 0 spiro atoms. The Morgan fingerprint density at radius 1 is 0.456 bits per heavy atom. The van der Waals surface area contributed by atoms with Gasteiger partial charge in [0.05, 0.1) is 81.4 Å². The minimum atomic E-state index is -0.472. The van der Waals surface area contributed by atoms with Gasteiger partial charge in [-0.2, -0.15) is 0 Å². The van der Waals surface area contributed by atoms with Crippen molar-refractivity contribution in [3.05, 3.63) is 109 Å². The summed E-state index contributed by atoms with van der Waals surface area (Å²) < 4.78 is 25.5. The SMILES string of the molecule is COc1cc(N(C)C)c([N+](=O)[O-])cc1Cl.COc1cc(N2CCCC2)c([N+](=O)[O-])cc1Cl.COc1cc(N2CCCCC2)c([N+](=O)[O-])cc1Cl.COc1cc(N2CCOCC2)c([N+](=O)[O-])cc1Cl. The first-order valence-corrected chi connectivity index (χ1v) is 22.5. The molecule has 4 aromatic carbocycles. The van der Waals surface area contributed by atoms with Gasteiger partial charge in [-0.3, -0.25) is 40.5 Å². The molecule has 68 heavy (non-hydrogen) atoms. The van der Waals surface area contributed by atoms with Crippen LogP contribution in [-0.2, 0) is 4.74 Å². The van der Waals surface area contributed by atoms with Crippen LogP contribution < -0.4 is 38.5 Å². The number of piperidine rings is 1. The molecule has 0 N–H and O–H groups in total. The summed E-state index contributed by atoms with van der Waals surface area (Å²) in [7, 11) is 9.39. The van der Waals surface area contributed by atoms with Gasteiger partial charge in [-0.05, 0) is 32.1 Å². The number of rotatable bonds is 12. The predicted molar refractivity (Wildman–Crippen MR) is 264 cm³/mol. The molecule has 0 aromatic heterocycles. The second-order valence-electron chi connectivity index (χ2n) is 15.2. The van der Waals surface area contributed by atoms with Gasteiger partial charge in [0.15, 0.2) is 0 Å². The number of halogens is 4. The third kappa shape index (κ3) is 14.3. The van der Waals surface area contributed by atoms with Crippen molar-refractivity contribution in [3.63, 3.8) is 0 Å². The maximum absolute atomic E-state index is 11.1. The second-order valence-corrected chi connectivity index (χ2v) is 16.8. The van der Waals surface area contributed by atoms with E-state index in [2.05, 4.69) is 0 Å². The first-order chi connectivity index (χ1) is 32.4. The molecule has 25 heteroatoms. The van der Waals surface area contributed by atoms with Crippen LogP contribution >= 0.6 is 46.4 Å². The molecule has 0 unspecified atom stereocenters. The highest BCUT2D eigenvalue weighted by molar-refractivity contribution is 6.33. The molecular formula is C43H52Cl4N8O13. The lowest BCUT2D eigenvalue weighted by Gasteiger charge is -2.28. The zero-order chi connectivity index (χ0) is 50.2. The number of hydrogen-bond acceptors (Lipinski definition) is 17. The highest BCUT2D eigenvalue weighted by atomic mass is 35.5. The van der Waals surface area contributed by atoms with Gasteiger partial charge in [0.1, 0.15) is 45.7 Å². The Kier molecular flexibility index (Phi) is 20.8. The minimum Gasteiger partial charge on any atom is -0.495 e. The van der Waals surface area contributed by atoms with E-state index in [4.69, 9.17) is 70.1 Å². The van der Waals surface area contributed by atoms with Crippen LogP contribution in [0, 0.1) is 40.5 Å². The quantitative estimate of drug-likeness (QED) is 0.0948. The summed E-state index contributed by atoms with van der Waals surface area (Å²) in [5.41, 5.74) is 2.20. The number of ether oxygens (including phenoxy) is 5. The van der Waals surface area contributed by atoms with Crippen molar-refractivity contribution in [1.29, 1.82) is 0 Å². The average Bonchev–Trinajstić information content (AvgIpc) is 3.87. The summed E-state index contributed by atoms with van der Waals surface area (Å²) in [4.78, 5) is 49.8. The zero-order valence-corrected chi connectivity index (χ0v) is 41.2. The first kappa shape index (κ1) is 54.6. The van der Waals surface area contributed by atoms with Crippen LogP contribution in [0.5, 0.6) is 23.0 Å². The van der Waals surface area contributed by atoms with Crippen molar-refractivity contribution in [3.8, 4) is 23.0 Å². The van der Waals surface area contributed by atoms with E-state index in [9.17, 15) is 40.5 Å². The van der Waals surface area contributed by atoms with Gasteiger partial charge in [0, 0.05) is 102 Å². The number of anilines is 4. The monoisotopic (exact) mass is 1030 g/mol. The van der Waals surface area contributed by atoms with E-state index in [1.807, 2.05) is 14.7 Å². The van der Waals surface area contributed by atoms with Crippen LogP contribution in [0.4, 0.5) is 45.5 Å². The minimum absolute atomic E-state index is 0.0114. The van der Waals surface area contributed by atoms with Crippen LogP contribution in [0.2, 0.25) is 20.1 Å². The van der Waals surface area contributed by atoms with E-state index < -0.39 is 19.7 Å². The molecule has 7 rings (SSSR count). The fourth-order valence-corrected chi connectivity index (χ4v) is 8.29. The molecule has 0 amide bonds. The zero-order valence-electron chi connectivity index (χ0n) is 38.2. The van der Waals surface area contributed by atoms with Gasteiger partial charge in [0.25, 0.3) is 22.7 Å². The third-order valence-electron chi connectivity index (χ3n) is 10.8. The molecule has 370 valence electrons. The summed E-state index contributed by atoms with van der Waals surface area (Å²) in [6.45, 7) is 5.70. The number of benzene rings is 4. The topological polar surface area (TPSA) is 232 Å². The molecule has 0 atom stereocenters. The Morgan fingerprint density at radius 2 is 0.735 bits per heavy atom. The van der Waals surface area contributed by atoms with E-state index in [0.29, 0.717) is 72.1 Å². The fraction of sp³-hybridized carbons (Fsp3) is 0.442. The largest absolute Gasteiger partial charge is 0.495 e. The lowest BCUT2D eigenvalue weighted by atomic mass is 10.1. The van der Waals surface area contributed by atoms with Crippen LogP contribution in [0.3, 0.4) is 0 Å². The number of hydrogen-bond donors (Lipinski definition) is 0. The van der Waals surface area contributed by atoms with E-state index in [0.717, 1.165) is 51.9 Å². The van der Waals surface area contributed by atoms with Crippen molar-refractivity contribution in [2.75, 3.05) is 115 Å². The van der Waals surface area contributed by atoms with Crippen molar-refractivity contribution in [1.82, 2.24) is 0 Å². The molecule has 3 saturated heterocycles. The van der Waals surface area contributed by atoms with Gasteiger partial charge < -0.3 is 43.3 Å². The number of morpholine rings is 1. The Hall–Kier alpha value is -6.00. The molecule has 3 aliphatic heterocycles. The Morgan fingerprint density at radius 3 is 1.03 bits per heavy atom. The standard InChI is InChI=1S/C12H15ClN2O3.C11H13ClN2O4.C11H13ClN2O3.C9H11ClN2O3/c1-18-12-8-10(14-5-3-2-4-6-14)11(15(16)17)7-9(12)13;1-17-11-7-9(13-2-4-18-5-3-13)10(14(15)16)6-8(11)12;1-17-11-7-9(13-4-2-3-5-13)10(14(15)16)6-8(11)12;1-11(2)7-5-9(15-3)6(10)4-8(7)12(13)14/h7-8H,2-6H2,1H3;6-7H,2-5H2,1H3;6-7H,2-5H2,1H3;4-5H,1-3H3. The van der Waals surface area contributed by atoms with E-state index in [1.54, 1.807) is 43.3 Å². The van der Waals surface area contributed by atoms with Crippen LogP contribution in [0.25, 0.3) is 0 Å². The summed E-state index contributed by atoms with van der Waals surface area (Å²) >= 11 is 23.6. The highest BCUT2D eigenvalue weighted by Crippen LogP contribution is 2.42. The smallest absolute Gasteiger partial charge is 0.294 e. The molecule has 0 radical (unpaired) electrons. The summed E-state index contributed by atoms with van der Waals surface area (Å²) in [5.74, 6) is 1.80. The Balaban J connectivity index is 0.000000198. The maximum atomic E-state index is 11.1. The second kappa shape index (κ2) is 25.9. The van der Waals surface area contributed by atoms with Crippen molar-refractivity contribution in [2.45, 2.75) is 32.1 Å². The fourth-order valence-electron chi connectivity index (χ4n) is 7.35. The van der Waals surface area contributed by atoms with E-state index in [-0.39, 0.29) is 42.8 Å². The first-order valence-electron chi connectivity index (χ1n) is 20.9. The number of nitrogens with zero attached hydrogens (tertiary/aromatic N) is 8. The van der Waals surface area contributed by atoms with Crippen molar-refractivity contribution in [2.24, 2.45) is 0 Å². The number of nitro benzene ring substituents is 4. The average molecular weight is 1030 g/mol. The predicted octanol–water partition coefficient (Wildman–Crippen LogP) is 10.5. The van der Waals surface area contributed by atoms with Gasteiger partial charge in [-0.15, -0.1) is 0 Å². The molecule has 21 nitrogen and oxygen atoms in total. The summed E-state index contributed by atoms with van der Waals surface area (Å²) in [6, 6.07) is 11.8. The number of methoxy groups -OCH3 is 4. The van der Waals surface area contributed by atoms with Crippen LogP contribution in [0.1, 0.15) is 32.1 Å². The van der Waals surface area contributed by atoms with Gasteiger partial charge in [0.2, 0.25) is 0 Å². The number of nitro groups is 4. The highest BCUT2D eigenvalue weighted by Gasteiger charge is 2.27. The van der Waals surface area contributed by atoms with E-state index >= 15 is 0 Å². The molecule has 3 fully saturated rings. The van der Waals surface area contributed by atoms with Crippen LogP contribution in [0.15, 0.2) is 48.5 Å². The molecule has 0 bridgehead atoms. The summed E-state index contributed by atoms with van der Waals surface area (Å²) in [6.07, 6.45) is 5.41. The molecule has 0 saturated carbocycles. The third-order valence-corrected chi connectivity index (χ3v) is 11.9. The molecule has 4 aromatic rings. The van der Waals surface area contributed by atoms with E-state index in [1.165, 1.54) is 59.1 Å². The normalized spacial score (nSPS) is 14.2. The summed E-state index contributed by atoms with van der Waals surface area (Å²) in [5, 5.41) is 44.9.